The van der Waals surface area contributed by atoms with Gasteiger partial charge in [-0.2, -0.15) is 13.2 Å². The average molecular weight is 380 g/mol. The Bertz CT molecular complexity index is 813. The second-order valence-electron chi connectivity index (χ2n) is 6.45. The van der Waals surface area contributed by atoms with Crippen molar-refractivity contribution >= 4 is 17.4 Å². The molecule has 2 aromatic heterocycles. The van der Waals surface area contributed by atoms with E-state index in [1.54, 1.807) is 6.07 Å². The molecular formula is C18H19F3N4O2. The van der Waals surface area contributed by atoms with Crippen LogP contribution in [0.25, 0.3) is 0 Å². The number of aliphatic hydroxyl groups excluding tert-OH is 1. The highest BCUT2D eigenvalue weighted by molar-refractivity contribution is 6.07. The molecule has 0 unspecified atom stereocenters. The Morgan fingerprint density at radius 2 is 2.11 bits per heavy atom. The van der Waals surface area contributed by atoms with Crippen molar-refractivity contribution in [3.63, 3.8) is 0 Å². The number of carbonyl (C=O) groups excluding carboxylic acids is 1. The van der Waals surface area contributed by atoms with Crippen molar-refractivity contribution in [3.8, 4) is 0 Å². The molecule has 2 atom stereocenters. The van der Waals surface area contributed by atoms with E-state index in [1.807, 2.05) is 0 Å². The van der Waals surface area contributed by atoms with Gasteiger partial charge in [0.1, 0.15) is 5.82 Å². The van der Waals surface area contributed by atoms with E-state index in [-0.39, 0.29) is 23.3 Å². The highest BCUT2D eigenvalue weighted by Gasteiger charge is 2.31. The van der Waals surface area contributed by atoms with E-state index < -0.39 is 17.6 Å². The lowest BCUT2D eigenvalue weighted by atomic mass is 10.1. The van der Waals surface area contributed by atoms with Crippen LogP contribution in [0.5, 0.6) is 0 Å². The molecule has 6 nitrogen and oxygen atoms in total. The first kappa shape index (κ1) is 19.1. The topological polar surface area (TPSA) is 87.1 Å². The van der Waals surface area contributed by atoms with Gasteiger partial charge in [-0.3, -0.25) is 9.78 Å². The van der Waals surface area contributed by atoms with Gasteiger partial charge in [0.05, 0.1) is 29.1 Å². The molecule has 1 aliphatic rings. The number of hydrogen-bond donors (Lipinski definition) is 3. The molecule has 0 aromatic carbocycles. The number of aromatic nitrogens is 2. The largest absolute Gasteiger partial charge is 0.417 e. The van der Waals surface area contributed by atoms with Crippen molar-refractivity contribution in [3.05, 3.63) is 47.9 Å². The molecule has 9 heteroatoms. The summed E-state index contributed by atoms with van der Waals surface area (Å²) in [6, 6.07) is 3.91. The lowest BCUT2D eigenvalue weighted by Crippen LogP contribution is -2.24. The van der Waals surface area contributed by atoms with Crippen LogP contribution in [0.1, 0.15) is 35.2 Å². The fourth-order valence-electron chi connectivity index (χ4n) is 3.07. The summed E-state index contributed by atoms with van der Waals surface area (Å²) in [6.07, 6.45) is 1.02. The molecule has 3 rings (SSSR count). The van der Waals surface area contributed by atoms with E-state index in [0.717, 1.165) is 31.5 Å². The molecule has 3 N–H and O–H groups in total. The van der Waals surface area contributed by atoms with E-state index in [4.69, 9.17) is 0 Å². The van der Waals surface area contributed by atoms with E-state index in [2.05, 4.69) is 20.6 Å². The van der Waals surface area contributed by atoms with E-state index in [0.29, 0.717) is 18.6 Å². The monoisotopic (exact) mass is 380 g/mol. The molecule has 0 radical (unpaired) electrons. The summed E-state index contributed by atoms with van der Waals surface area (Å²) >= 11 is 0. The number of hydrogen-bond acceptors (Lipinski definition) is 5. The second-order valence-corrected chi connectivity index (χ2v) is 6.45. The summed E-state index contributed by atoms with van der Waals surface area (Å²) in [7, 11) is 0. The maximum atomic E-state index is 12.8. The lowest BCUT2D eigenvalue weighted by molar-refractivity contribution is -0.137. The number of pyridine rings is 2. The number of halogens is 3. The number of rotatable bonds is 5. The molecule has 0 spiro atoms. The Morgan fingerprint density at radius 1 is 1.30 bits per heavy atom. The SMILES string of the molecule is O=C(Nc1cncc(C(F)(F)F)c1)c1cccnc1NC[C@@H]1CCC[C@@H]1O. The van der Waals surface area contributed by atoms with Gasteiger partial charge < -0.3 is 15.7 Å². The quantitative estimate of drug-likeness (QED) is 0.741. The Kier molecular flexibility index (Phi) is 5.59. The summed E-state index contributed by atoms with van der Waals surface area (Å²) in [6.45, 7) is 0.462. The zero-order chi connectivity index (χ0) is 19.4. The first-order valence-electron chi connectivity index (χ1n) is 8.55. The number of nitrogens with one attached hydrogen (secondary N) is 2. The Morgan fingerprint density at radius 3 is 2.81 bits per heavy atom. The van der Waals surface area contributed by atoms with Crippen molar-refractivity contribution in [2.45, 2.75) is 31.5 Å². The number of aliphatic hydroxyl groups is 1. The number of nitrogens with zero attached hydrogens (tertiary/aromatic N) is 2. The highest BCUT2D eigenvalue weighted by Crippen LogP contribution is 2.30. The van der Waals surface area contributed by atoms with Crippen LogP contribution in [-0.2, 0) is 6.18 Å². The van der Waals surface area contributed by atoms with Gasteiger partial charge >= 0.3 is 6.18 Å². The standard InChI is InChI=1S/C18H19F3N4O2/c19-18(20,21)12-7-13(10-22-9-12)25-17(27)14-4-2-6-23-16(14)24-8-11-3-1-5-15(11)26/h2,4,6-7,9-11,15,26H,1,3,5,8H2,(H,23,24)(H,25,27)/t11-,15-/m0/s1. The zero-order valence-electron chi connectivity index (χ0n) is 14.3. The first-order chi connectivity index (χ1) is 12.8. The molecule has 144 valence electrons. The van der Waals surface area contributed by atoms with Crippen LogP contribution in [0.3, 0.4) is 0 Å². The highest BCUT2D eigenvalue weighted by atomic mass is 19.4. The molecule has 1 saturated carbocycles. The Balaban J connectivity index is 1.72. The molecule has 27 heavy (non-hydrogen) atoms. The lowest BCUT2D eigenvalue weighted by Gasteiger charge is -2.17. The van der Waals surface area contributed by atoms with Crippen LogP contribution in [0.4, 0.5) is 24.7 Å². The molecule has 1 amide bonds. The molecule has 1 fully saturated rings. The van der Waals surface area contributed by atoms with Crippen molar-refractivity contribution in [2.24, 2.45) is 5.92 Å². The van der Waals surface area contributed by atoms with Crippen molar-refractivity contribution < 1.29 is 23.1 Å². The minimum Gasteiger partial charge on any atom is -0.393 e. The van der Waals surface area contributed by atoms with E-state index >= 15 is 0 Å². The summed E-state index contributed by atoms with van der Waals surface area (Å²) in [5.41, 5.74) is -0.807. The number of carbonyl (C=O) groups is 1. The van der Waals surface area contributed by atoms with Gasteiger partial charge in [-0.25, -0.2) is 4.98 Å². The van der Waals surface area contributed by atoms with Crippen LogP contribution in [0.2, 0.25) is 0 Å². The second kappa shape index (κ2) is 7.91. The molecule has 0 aliphatic heterocycles. The third kappa shape index (κ3) is 4.73. The van der Waals surface area contributed by atoms with Gasteiger partial charge in [-0.05, 0) is 31.0 Å². The summed E-state index contributed by atoms with van der Waals surface area (Å²) in [5, 5.41) is 15.4. The smallest absolute Gasteiger partial charge is 0.393 e. The minimum atomic E-state index is -4.54. The van der Waals surface area contributed by atoms with Crippen LogP contribution < -0.4 is 10.6 Å². The molecular weight excluding hydrogens is 361 g/mol. The van der Waals surface area contributed by atoms with Gasteiger partial charge in [-0.1, -0.05) is 6.42 Å². The third-order valence-corrected chi connectivity index (χ3v) is 4.53. The van der Waals surface area contributed by atoms with Crippen LogP contribution >= 0.6 is 0 Å². The maximum absolute atomic E-state index is 12.8. The fraction of sp³-hybridized carbons (Fsp3) is 0.389. The van der Waals surface area contributed by atoms with Crippen molar-refractivity contribution in [1.29, 1.82) is 0 Å². The maximum Gasteiger partial charge on any atom is 0.417 e. The summed E-state index contributed by atoms with van der Waals surface area (Å²) in [5.74, 6) is -0.205. The fourth-order valence-corrected chi connectivity index (χ4v) is 3.07. The van der Waals surface area contributed by atoms with Gasteiger partial charge in [0.15, 0.2) is 0 Å². The van der Waals surface area contributed by atoms with E-state index in [1.165, 1.54) is 12.3 Å². The van der Waals surface area contributed by atoms with Crippen LogP contribution in [-0.4, -0.2) is 33.6 Å². The number of anilines is 2. The van der Waals surface area contributed by atoms with Crippen molar-refractivity contribution in [1.82, 2.24) is 9.97 Å². The van der Waals surface area contributed by atoms with Crippen molar-refractivity contribution in [2.75, 3.05) is 17.2 Å². The molecule has 0 saturated heterocycles. The number of alkyl halides is 3. The zero-order valence-corrected chi connectivity index (χ0v) is 14.3. The minimum absolute atomic E-state index is 0.0594. The average Bonchev–Trinajstić information content (AvgIpc) is 3.04. The van der Waals surface area contributed by atoms with Gasteiger partial charge in [0.2, 0.25) is 0 Å². The van der Waals surface area contributed by atoms with Gasteiger partial charge in [-0.15, -0.1) is 0 Å². The van der Waals surface area contributed by atoms with Crippen LogP contribution in [0, 0.1) is 5.92 Å². The predicted molar refractivity (Wildman–Crippen MR) is 93.3 cm³/mol. The van der Waals surface area contributed by atoms with Gasteiger partial charge in [0.25, 0.3) is 5.91 Å². The van der Waals surface area contributed by atoms with Gasteiger partial charge in [0, 0.05) is 24.9 Å². The molecule has 2 aromatic rings. The molecule has 2 heterocycles. The molecule has 1 aliphatic carbocycles. The Hall–Kier alpha value is -2.68. The first-order valence-corrected chi connectivity index (χ1v) is 8.55. The summed E-state index contributed by atoms with van der Waals surface area (Å²) in [4.78, 5) is 20.2. The Labute approximate surface area is 153 Å². The van der Waals surface area contributed by atoms with E-state index in [9.17, 15) is 23.1 Å². The van der Waals surface area contributed by atoms with Crippen LogP contribution in [0.15, 0.2) is 36.8 Å². The summed E-state index contributed by atoms with van der Waals surface area (Å²) < 4.78 is 38.3. The molecule has 0 bridgehead atoms. The predicted octanol–water partition coefficient (Wildman–Crippen LogP) is 3.32. The normalized spacial score (nSPS) is 19.7. The third-order valence-electron chi connectivity index (χ3n) is 4.53. The number of amides is 1.